The summed E-state index contributed by atoms with van der Waals surface area (Å²) in [5, 5.41) is 1.28. The van der Waals surface area contributed by atoms with Crippen LogP contribution in [0.4, 0.5) is 0 Å². The summed E-state index contributed by atoms with van der Waals surface area (Å²) in [4.78, 5) is 4.80. The molecule has 0 bridgehead atoms. The number of aryl methyl sites for hydroxylation is 1. The molecule has 0 atom stereocenters. The van der Waals surface area contributed by atoms with E-state index in [1.165, 1.54) is 33.3 Å². The van der Waals surface area contributed by atoms with E-state index in [1.807, 2.05) is 0 Å². The highest BCUT2D eigenvalue weighted by Gasteiger charge is 2.23. The van der Waals surface area contributed by atoms with Gasteiger partial charge in [-0.05, 0) is 46.6 Å². The second-order valence-electron chi connectivity index (χ2n) is 7.26. The van der Waals surface area contributed by atoms with Crippen molar-refractivity contribution in [1.82, 2.24) is 4.98 Å². The molecular weight excluding hydrogens is 266 g/mol. The molecule has 0 spiro atoms. The van der Waals surface area contributed by atoms with Crippen LogP contribution in [0.2, 0.25) is 0 Å². The second-order valence-corrected chi connectivity index (χ2v) is 7.26. The molecule has 0 radical (unpaired) electrons. The van der Waals surface area contributed by atoms with Gasteiger partial charge in [0.2, 0.25) is 0 Å². The minimum Gasteiger partial charge on any atom is -0.252 e. The Labute approximate surface area is 132 Å². The number of rotatable bonds is 1. The predicted molar refractivity (Wildman–Crippen MR) is 93.3 cm³/mol. The topological polar surface area (TPSA) is 12.9 Å². The molecule has 110 valence electrons. The molecule has 0 amide bonds. The summed E-state index contributed by atoms with van der Waals surface area (Å²) < 4.78 is 0. The molecule has 0 saturated heterocycles. The normalized spacial score (nSPS) is 13.8. The SMILES string of the molecule is CC(C)(C)c1ccc(-c2c3c(nc4ccccc24)CC3)cc1. The first-order valence-corrected chi connectivity index (χ1v) is 8.05. The largest absolute Gasteiger partial charge is 0.252 e. The maximum Gasteiger partial charge on any atom is 0.0711 e. The van der Waals surface area contributed by atoms with Crippen molar-refractivity contribution in [1.29, 1.82) is 0 Å². The van der Waals surface area contributed by atoms with Gasteiger partial charge in [-0.3, -0.25) is 4.98 Å². The van der Waals surface area contributed by atoms with E-state index in [2.05, 4.69) is 69.3 Å². The van der Waals surface area contributed by atoms with E-state index in [9.17, 15) is 0 Å². The van der Waals surface area contributed by atoms with Crippen molar-refractivity contribution in [3.05, 3.63) is 65.4 Å². The second kappa shape index (κ2) is 4.67. The molecule has 1 aromatic heterocycles. The lowest BCUT2D eigenvalue weighted by Gasteiger charge is -2.24. The van der Waals surface area contributed by atoms with Crippen molar-refractivity contribution in [3.8, 4) is 11.1 Å². The minimum absolute atomic E-state index is 0.198. The van der Waals surface area contributed by atoms with Crippen molar-refractivity contribution >= 4 is 10.9 Å². The Morgan fingerprint density at radius 2 is 1.59 bits per heavy atom. The maximum absolute atomic E-state index is 4.80. The summed E-state index contributed by atoms with van der Waals surface area (Å²) in [7, 11) is 0. The van der Waals surface area contributed by atoms with Gasteiger partial charge in [0.1, 0.15) is 0 Å². The Hall–Kier alpha value is -2.15. The summed E-state index contributed by atoms with van der Waals surface area (Å²) in [6.07, 6.45) is 2.27. The van der Waals surface area contributed by atoms with Crippen LogP contribution in [0.1, 0.15) is 37.6 Å². The molecule has 3 aromatic rings. The molecule has 0 N–H and O–H groups in total. The van der Waals surface area contributed by atoms with E-state index in [-0.39, 0.29) is 5.41 Å². The number of nitrogens with zero attached hydrogens (tertiary/aromatic N) is 1. The highest BCUT2D eigenvalue weighted by Crippen LogP contribution is 2.38. The molecule has 1 nitrogen and oxygen atoms in total. The van der Waals surface area contributed by atoms with Gasteiger partial charge in [0.05, 0.1) is 5.52 Å². The monoisotopic (exact) mass is 287 g/mol. The van der Waals surface area contributed by atoms with E-state index in [0.29, 0.717) is 0 Å². The molecule has 1 aliphatic carbocycles. The van der Waals surface area contributed by atoms with Gasteiger partial charge in [0.25, 0.3) is 0 Å². The lowest BCUT2D eigenvalue weighted by atomic mass is 9.82. The van der Waals surface area contributed by atoms with E-state index in [4.69, 9.17) is 4.98 Å². The maximum atomic E-state index is 4.80. The highest BCUT2D eigenvalue weighted by molar-refractivity contribution is 5.97. The van der Waals surface area contributed by atoms with Crippen molar-refractivity contribution < 1.29 is 0 Å². The van der Waals surface area contributed by atoms with Gasteiger partial charge < -0.3 is 0 Å². The van der Waals surface area contributed by atoms with Gasteiger partial charge in [-0.2, -0.15) is 0 Å². The van der Waals surface area contributed by atoms with Crippen LogP contribution in [0.15, 0.2) is 48.5 Å². The van der Waals surface area contributed by atoms with Crippen molar-refractivity contribution in [2.45, 2.75) is 39.0 Å². The molecule has 0 unspecified atom stereocenters. The van der Waals surface area contributed by atoms with Gasteiger partial charge in [-0.25, -0.2) is 0 Å². The Morgan fingerprint density at radius 1 is 0.864 bits per heavy atom. The van der Waals surface area contributed by atoms with Gasteiger partial charge in [-0.1, -0.05) is 63.2 Å². The van der Waals surface area contributed by atoms with Crippen molar-refractivity contribution in [3.63, 3.8) is 0 Å². The average Bonchev–Trinajstić information content (AvgIpc) is 2.48. The lowest BCUT2D eigenvalue weighted by molar-refractivity contribution is 0.590. The quantitative estimate of drug-likeness (QED) is 0.592. The van der Waals surface area contributed by atoms with E-state index in [0.717, 1.165) is 18.4 Å². The van der Waals surface area contributed by atoms with E-state index < -0.39 is 0 Å². The standard InChI is InChI=1S/C21H21N/c1-21(2,3)15-10-8-14(9-11-15)20-16-6-4-5-7-18(16)22-19-13-12-17(19)20/h4-11H,12-13H2,1-3H3. The minimum atomic E-state index is 0.198. The summed E-state index contributed by atoms with van der Waals surface area (Å²) >= 11 is 0. The summed E-state index contributed by atoms with van der Waals surface area (Å²) in [5.74, 6) is 0. The summed E-state index contributed by atoms with van der Waals surface area (Å²) in [6.45, 7) is 6.78. The number of para-hydroxylation sites is 1. The van der Waals surface area contributed by atoms with Crippen molar-refractivity contribution in [2.75, 3.05) is 0 Å². The van der Waals surface area contributed by atoms with Crippen LogP contribution in [0.5, 0.6) is 0 Å². The highest BCUT2D eigenvalue weighted by atomic mass is 14.7. The van der Waals surface area contributed by atoms with Crippen LogP contribution in [-0.2, 0) is 18.3 Å². The number of aromatic nitrogens is 1. The zero-order valence-electron chi connectivity index (χ0n) is 13.5. The molecule has 2 aromatic carbocycles. The summed E-state index contributed by atoms with van der Waals surface area (Å²) in [6, 6.07) is 17.6. The smallest absolute Gasteiger partial charge is 0.0711 e. The predicted octanol–water partition coefficient (Wildman–Crippen LogP) is 5.30. The fourth-order valence-electron chi connectivity index (χ4n) is 3.31. The van der Waals surface area contributed by atoms with Gasteiger partial charge >= 0.3 is 0 Å². The average molecular weight is 287 g/mol. The van der Waals surface area contributed by atoms with Crippen LogP contribution in [0.3, 0.4) is 0 Å². The Morgan fingerprint density at radius 3 is 2.23 bits per heavy atom. The van der Waals surface area contributed by atoms with Crippen LogP contribution in [-0.4, -0.2) is 4.98 Å². The number of fused-ring (bicyclic) bond motifs is 2. The molecule has 0 fully saturated rings. The van der Waals surface area contributed by atoms with Crippen LogP contribution in [0, 0.1) is 0 Å². The fraction of sp³-hybridized carbons (Fsp3) is 0.286. The van der Waals surface area contributed by atoms with Gasteiger partial charge in [-0.15, -0.1) is 0 Å². The Bertz CT molecular complexity index is 851. The number of pyridine rings is 1. The van der Waals surface area contributed by atoms with Gasteiger partial charge in [0, 0.05) is 11.1 Å². The zero-order valence-corrected chi connectivity index (χ0v) is 13.5. The van der Waals surface area contributed by atoms with Crippen LogP contribution < -0.4 is 0 Å². The number of hydrogen-bond donors (Lipinski definition) is 0. The van der Waals surface area contributed by atoms with Crippen molar-refractivity contribution in [2.24, 2.45) is 0 Å². The third-order valence-electron chi connectivity index (χ3n) is 4.73. The Kier molecular flexibility index (Phi) is 2.87. The third kappa shape index (κ3) is 2.04. The molecule has 0 aliphatic heterocycles. The fourth-order valence-corrected chi connectivity index (χ4v) is 3.31. The Balaban J connectivity index is 1.93. The number of hydrogen-bond acceptors (Lipinski definition) is 1. The molecule has 0 saturated carbocycles. The first-order valence-electron chi connectivity index (χ1n) is 8.05. The van der Waals surface area contributed by atoms with Gasteiger partial charge in [0.15, 0.2) is 0 Å². The van der Waals surface area contributed by atoms with E-state index >= 15 is 0 Å². The van der Waals surface area contributed by atoms with Crippen LogP contribution in [0.25, 0.3) is 22.0 Å². The van der Waals surface area contributed by atoms with Crippen LogP contribution >= 0.6 is 0 Å². The molecule has 1 aliphatic rings. The first kappa shape index (κ1) is 13.5. The molecule has 4 rings (SSSR count). The number of benzene rings is 2. The molecule has 1 heteroatoms. The molecule has 1 heterocycles. The molecular formula is C21H21N. The lowest BCUT2D eigenvalue weighted by Crippen LogP contribution is -2.14. The third-order valence-corrected chi connectivity index (χ3v) is 4.73. The first-order chi connectivity index (χ1) is 10.5. The van der Waals surface area contributed by atoms with E-state index in [1.54, 1.807) is 0 Å². The molecule has 22 heavy (non-hydrogen) atoms. The summed E-state index contributed by atoms with van der Waals surface area (Å²) in [5.41, 5.74) is 8.15. The zero-order chi connectivity index (χ0) is 15.3.